The van der Waals surface area contributed by atoms with Gasteiger partial charge < -0.3 is 4.74 Å². The summed E-state index contributed by atoms with van der Waals surface area (Å²) in [6.07, 6.45) is 1.37. The summed E-state index contributed by atoms with van der Waals surface area (Å²) in [7, 11) is 0. The summed E-state index contributed by atoms with van der Waals surface area (Å²) in [5.74, 6) is -0.474. The van der Waals surface area contributed by atoms with E-state index < -0.39 is 12.4 Å². The molecule has 0 saturated carbocycles. The highest BCUT2D eigenvalue weighted by atomic mass is 35.5. The molecule has 0 aliphatic carbocycles. The molecule has 1 aromatic carbocycles. The number of carbonyl (C=O) groups is 1. The molecule has 0 N–H and O–H groups in total. The highest BCUT2D eigenvalue weighted by Crippen LogP contribution is 2.22. The first-order valence-electron chi connectivity index (χ1n) is 5.83. The second-order valence-corrected chi connectivity index (χ2v) is 4.30. The SMILES string of the molecule is CCn1ncc(Cl)c1C(=O)c1cccc(OC(F)F)c1. The number of halogens is 3. The van der Waals surface area contributed by atoms with Gasteiger partial charge in [0, 0.05) is 12.1 Å². The van der Waals surface area contributed by atoms with Gasteiger partial charge in [-0.15, -0.1) is 0 Å². The van der Waals surface area contributed by atoms with Gasteiger partial charge in [-0.05, 0) is 19.1 Å². The van der Waals surface area contributed by atoms with E-state index in [1.807, 2.05) is 6.92 Å². The van der Waals surface area contributed by atoms with Crippen LogP contribution in [0.3, 0.4) is 0 Å². The predicted octanol–water partition coefficient (Wildman–Crippen LogP) is 3.39. The number of alkyl halides is 2. The Labute approximate surface area is 118 Å². The third kappa shape index (κ3) is 2.96. The summed E-state index contributed by atoms with van der Waals surface area (Å²) in [4.78, 5) is 12.4. The van der Waals surface area contributed by atoms with E-state index in [-0.39, 0.29) is 22.0 Å². The molecule has 4 nitrogen and oxygen atoms in total. The molecule has 0 amide bonds. The molecule has 7 heteroatoms. The summed E-state index contributed by atoms with van der Waals surface area (Å²) >= 11 is 5.94. The van der Waals surface area contributed by atoms with Crippen molar-refractivity contribution in [3.8, 4) is 5.75 Å². The molecule has 0 radical (unpaired) electrons. The summed E-state index contributed by atoms with van der Waals surface area (Å²) in [6, 6.07) is 5.56. The average molecular weight is 301 g/mol. The highest BCUT2D eigenvalue weighted by Gasteiger charge is 2.19. The molecule has 0 spiro atoms. The van der Waals surface area contributed by atoms with Gasteiger partial charge in [0.2, 0.25) is 5.78 Å². The average Bonchev–Trinajstić information content (AvgIpc) is 2.78. The van der Waals surface area contributed by atoms with E-state index in [2.05, 4.69) is 9.84 Å². The van der Waals surface area contributed by atoms with Crippen molar-refractivity contribution >= 4 is 17.4 Å². The fourth-order valence-corrected chi connectivity index (χ4v) is 2.01. The van der Waals surface area contributed by atoms with Gasteiger partial charge in [0.25, 0.3) is 0 Å². The summed E-state index contributed by atoms with van der Waals surface area (Å²) in [5.41, 5.74) is 0.434. The molecule has 0 aliphatic heterocycles. The first-order valence-corrected chi connectivity index (χ1v) is 6.21. The van der Waals surface area contributed by atoms with Crippen molar-refractivity contribution in [1.82, 2.24) is 9.78 Å². The lowest BCUT2D eigenvalue weighted by Crippen LogP contribution is -2.11. The number of hydrogen-bond acceptors (Lipinski definition) is 3. The number of nitrogens with zero attached hydrogens (tertiary/aromatic N) is 2. The molecule has 0 bridgehead atoms. The van der Waals surface area contributed by atoms with E-state index in [0.29, 0.717) is 6.54 Å². The monoisotopic (exact) mass is 300 g/mol. The van der Waals surface area contributed by atoms with Gasteiger partial charge in [-0.3, -0.25) is 9.48 Å². The normalized spacial score (nSPS) is 10.8. The van der Waals surface area contributed by atoms with Crippen LogP contribution >= 0.6 is 11.6 Å². The Morgan fingerprint density at radius 3 is 2.90 bits per heavy atom. The lowest BCUT2D eigenvalue weighted by Gasteiger charge is -2.07. The standard InChI is InChI=1S/C13H11ClF2N2O2/c1-2-18-11(10(14)7-17-18)12(19)8-4-3-5-9(6-8)20-13(15)16/h3-7,13H,2H2,1H3. The Hall–Kier alpha value is -1.95. The molecule has 1 heterocycles. The first kappa shape index (κ1) is 14.5. The molecule has 20 heavy (non-hydrogen) atoms. The van der Waals surface area contributed by atoms with Crippen molar-refractivity contribution in [3.63, 3.8) is 0 Å². The number of ether oxygens (including phenoxy) is 1. The van der Waals surface area contributed by atoms with Gasteiger partial charge >= 0.3 is 6.61 Å². The summed E-state index contributed by atoms with van der Waals surface area (Å²) in [6.45, 7) is -0.651. The number of aromatic nitrogens is 2. The van der Waals surface area contributed by atoms with Crippen molar-refractivity contribution in [2.45, 2.75) is 20.1 Å². The second-order valence-electron chi connectivity index (χ2n) is 3.89. The van der Waals surface area contributed by atoms with E-state index in [1.165, 1.54) is 35.1 Å². The Balaban J connectivity index is 2.36. The van der Waals surface area contributed by atoms with Gasteiger partial charge in [-0.2, -0.15) is 13.9 Å². The van der Waals surface area contributed by atoms with Crippen LogP contribution in [0.1, 0.15) is 23.0 Å². The zero-order valence-electron chi connectivity index (χ0n) is 10.5. The predicted molar refractivity (Wildman–Crippen MR) is 69.4 cm³/mol. The van der Waals surface area contributed by atoms with E-state index in [4.69, 9.17) is 11.6 Å². The first-order chi connectivity index (χ1) is 9.52. The molecule has 0 saturated heterocycles. The number of aryl methyl sites for hydroxylation is 1. The minimum Gasteiger partial charge on any atom is -0.435 e. The zero-order valence-corrected chi connectivity index (χ0v) is 11.3. The molecule has 0 aliphatic rings. The Morgan fingerprint density at radius 2 is 2.25 bits per heavy atom. The molecular weight excluding hydrogens is 290 g/mol. The Morgan fingerprint density at radius 1 is 1.50 bits per heavy atom. The third-order valence-corrected chi connectivity index (χ3v) is 2.91. The number of benzene rings is 1. The van der Waals surface area contributed by atoms with Crippen molar-refractivity contribution in [2.24, 2.45) is 0 Å². The fraction of sp³-hybridized carbons (Fsp3) is 0.231. The van der Waals surface area contributed by atoms with E-state index in [0.717, 1.165) is 0 Å². The van der Waals surface area contributed by atoms with Gasteiger partial charge in [-0.25, -0.2) is 0 Å². The smallest absolute Gasteiger partial charge is 0.387 e. The lowest BCUT2D eigenvalue weighted by atomic mass is 10.1. The van der Waals surface area contributed by atoms with Crippen molar-refractivity contribution < 1.29 is 18.3 Å². The van der Waals surface area contributed by atoms with Crippen LogP contribution in [0.25, 0.3) is 0 Å². The molecule has 2 rings (SSSR count). The topological polar surface area (TPSA) is 44.1 Å². The molecule has 0 fully saturated rings. The summed E-state index contributed by atoms with van der Waals surface area (Å²) < 4.78 is 30.1. The van der Waals surface area contributed by atoms with Gasteiger partial charge in [0.05, 0.1) is 11.2 Å². The molecule has 106 valence electrons. The van der Waals surface area contributed by atoms with Crippen molar-refractivity contribution in [3.05, 3.63) is 46.7 Å². The molecule has 1 aromatic heterocycles. The molecule has 2 aromatic rings. The zero-order chi connectivity index (χ0) is 14.7. The van der Waals surface area contributed by atoms with Crippen LogP contribution in [-0.2, 0) is 6.54 Å². The Kier molecular flexibility index (Phi) is 4.34. The summed E-state index contributed by atoms with van der Waals surface area (Å²) in [5, 5.41) is 4.18. The maximum atomic E-state index is 12.4. The van der Waals surface area contributed by atoms with Crippen molar-refractivity contribution in [2.75, 3.05) is 0 Å². The van der Waals surface area contributed by atoms with Crippen LogP contribution in [0.4, 0.5) is 8.78 Å². The van der Waals surface area contributed by atoms with Crippen LogP contribution in [0.5, 0.6) is 5.75 Å². The molecule has 0 unspecified atom stereocenters. The van der Waals surface area contributed by atoms with Crippen LogP contribution in [-0.4, -0.2) is 22.2 Å². The molecule has 0 atom stereocenters. The van der Waals surface area contributed by atoms with Gasteiger partial charge in [0.15, 0.2) is 0 Å². The number of ketones is 1. The fourth-order valence-electron chi connectivity index (χ4n) is 1.78. The Bertz CT molecular complexity index is 629. The second kappa shape index (κ2) is 6.00. The maximum Gasteiger partial charge on any atom is 0.387 e. The van der Waals surface area contributed by atoms with E-state index in [9.17, 15) is 13.6 Å². The number of carbonyl (C=O) groups excluding carboxylic acids is 1. The number of hydrogen-bond donors (Lipinski definition) is 0. The minimum absolute atomic E-state index is 0.0791. The lowest BCUT2D eigenvalue weighted by molar-refractivity contribution is -0.0498. The van der Waals surface area contributed by atoms with Crippen molar-refractivity contribution in [1.29, 1.82) is 0 Å². The largest absolute Gasteiger partial charge is 0.435 e. The minimum atomic E-state index is -2.94. The van der Waals surface area contributed by atoms with Crippen LogP contribution < -0.4 is 4.74 Å². The van der Waals surface area contributed by atoms with Crippen LogP contribution in [0.2, 0.25) is 5.02 Å². The maximum absolute atomic E-state index is 12.4. The molecular formula is C13H11ClF2N2O2. The van der Waals surface area contributed by atoms with Crippen LogP contribution in [0, 0.1) is 0 Å². The quantitative estimate of drug-likeness (QED) is 0.795. The van der Waals surface area contributed by atoms with E-state index in [1.54, 1.807) is 0 Å². The number of rotatable bonds is 5. The third-order valence-electron chi connectivity index (χ3n) is 2.63. The van der Waals surface area contributed by atoms with Gasteiger partial charge in [-0.1, -0.05) is 23.7 Å². The highest BCUT2D eigenvalue weighted by molar-refractivity contribution is 6.34. The van der Waals surface area contributed by atoms with Gasteiger partial charge in [0.1, 0.15) is 11.4 Å². The van der Waals surface area contributed by atoms with Crippen LogP contribution in [0.15, 0.2) is 30.5 Å². The van der Waals surface area contributed by atoms with E-state index >= 15 is 0 Å².